The Kier molecular flexibility index (Phi) is 37.5. The fraction of sp³-hybridized carbons (Fsp3) is 0.362. The van der Waals surface area contributed by atoms with Crippen molar-refractivity contribution in [2.45, 2.75) is 235 Å². The van der Waals surface area contributed by atoms with E-state index in [-0.39, 0.29) is 0 Å². The fourth-order valence-electron chi connectivity index (χ4n) is 10.0. The first-order valence-electron chi connectivity index (χ1n) is 34.1. The van der Waals surface area contributed by atoms with E-state index in [9.17, 15) is 0 Å². The van der Waals surface area contributed by atoms with Gasteiger partial charge in [-0.15, -0.1) is 0 Å². The third-order valence-corrected chi connectivity index (χ3v) is 19.4. The maximum atomic E-state index is 2.24. The maximum Gasteiger partial charge on any atom is -0.0392 e. The fourth-order valence-corrected chi connectivity index (χ4v) is 10.0. The molecular formula is C94H128. The molecule has 504 valence electrons. The van der Waals surface area contributed by atoms with Gasteiger partial charge >= 0.3 is 0 Å². The van der Waals surface area contributed by atoms with Gasteiger partial charge in [0.15, 0.2) is 0 Å². The Balaban J connectivity index is 0.000000523. The van der Waals surface area contributed by atoms with E-state index in [1.165, 1.54) is 189 Å². The lowest BCUT2D eigenvalue weighted by molar-refractivity contribution is 1.22. The summed E-state index contributed by atoms with van der Waals surface area (Å²) >= 11 is 0. The molecule has 0 aliphatic carbocycles. The van der Waals surface area contributed by atoms with Crippen molar-refractivity contribution in [3.63, 3.8) is 0 Å². The third-order valence-electron chi connectivity index (χ3n) is 19.4. The highest BCUT2D eigenvalue weighted by molar-refractivity contribution is 5.41. The summed E-state index contributed by atoms with van der Waals surface area (Å²) in [6.07, 6.45) is 0. The van der Waals surface area contributed by atoms with Gasteiger partial charge in [-0.3, -0.25) is 0 Å². The molecule has 10 aromatic carbocycles. The highest BCUT2D eigenvalue weighted by atomic mass is 14.1. The summed E-state index contributed by atoms with van der Waals surface area (Å²) in [6, 6.07) is 56.2. The van der Waals surface area contributed by atoms with Crippen LogP contribution in [0.3, 0.4) is 0 Å². The zero-order valence-electron chi connectivity index (χ0n) is 66.0. The van der Waals surface area contributed by atoms with Crippen molar-refractivity contribution in [1.82, 2.24) is 0 Å². The molecule has 0 N–H and O–H groups in total. The van der Waals surface area contributed by atoms with Gasteiger partial charge in [0.25, 0.3) is 0 Å². The summed E-state index contributed by atoms with van der Waals surface area (Å²) in [5, 5.41) is 0. The van der Waals surface area contributed by atoms with E-state index in [0.717, 1.165) is 0 Å². The first kappa shape index (κ1) is 84.2. The zero-order valence-corrected chi connectivity index (χ0v) is 66.0. The molecule has 0 fully saturated rings. The van der Waals surface area contributed by atoms with E-state index in [4.69, 9.17) is 0 Å². The van der Waals surface area contributed by atoms with Crippen LogP contribution in [0.15, 0.2) is 158 Å². The smallest absolute Gasteiger partial charge is 0.0392 e. The normalized spacial score (nSPS) is 9.81. The van der Waals surface area contributed by atoms with Gasteiger partial charge in [-0.1, -0.05) is 180 Å². The number of benzene rings is 10. The number of rotatable bonds is 0. The Morgan fingerprint density at radius 2 is 0.266 bits per heavy atom. The molecule has 0 bridgehead atoms. The number of hydrogen-bond donors (Lipinski definition) is 0. The third kappa shape index (κ3) is 30.1. The minimum atomic E-state index is 1.35. The molecule has 0 aliphatic rings. The molecule has 0 heteroatoms. The van der Waals surface area contributed by atoms with E-state index < -0.39 is 0 Å². The highest BCUT2D eigenvalue weighted by Crippen LogP contribution is 2.20. The molecule has 10 aromatic rings. The second-order valence-corrected chi connectivity index (χ2v) is 27.3. The summed E-state index contributed by atoms with van der Waals surface area (Å²) in [6.45, 7) is 73.1. The number of hydrogen-bond acceptors (Lipinski definition) is 0. The molecule has 0 heterocycles. The van der Waals surface area contributed by atoms with E-state index in [0.29, 0.717) is 0 Å². The van der Waals surface area contributed by atoms with Crippen molar-refractivity contribution in [1.29, 1.82) is 0 Å². The van der Waals surface area contributed by atoms with Gasteiger partial charge in [-0.05, 0) is 402 Å². The molecule has 0 nitrogen and oxygen atoms in total. The van der Waals surface area contributed by atoms with Crippen molar-refractivity contribution in [3.05, 3.63) is 347 Å². The predicted octanol–water partition coefficient (Wildman–Crippen LogP) is 27.4. The van der Waals surface area contributed by atoms with Gasteiger partial charge in [-0.25, -0.2) is 0 Å². The van der Waals surface area contributed by atoms with Gasteiger partial charge in [0, 0.05) is 0 Å². The second-order valence-electron chi connectivity index (χ2n) is 27.3. The summed E-state index contributed by atoms with van der Waals surface area (Å²) in [7, 11) is 0. The molecular weight excluding hydrogens is 1130 g/mol. The first-order chi connectivity index (χ1) is 43.7. The Morgan fingerprint density at radius 1 is 0.106 bits per heavy atom. The Labute approximate surface area is 578 Å². The Morgan fingerprint density at radius 3 is 0.457 bits per heavy atom. The van der Waals surface area contributed by atoms with Gasteiger partial charge < -0.3 is 0 Å². The standard InChI is InChI=1S/5C10H14.4C9H12.C8H10/c1-7-5-9(3)10(4)6-8(7)2;2*1-7-5-8(2)10(4)9(3)6-7;2*1-7-5-6-8(2)10(4)9(7)3;2*1-7-4-5-8(2)9(3)6-7;2*1-7-5-4-6-8(2)9(7)3;1-7-5-3-4-6-8(7)2/h5*5-6H,1-4H3;4*4-6H,1-3H3;3-6H,1-2H3. The Hall–Kier alpha value is -7.80. The Bertz CT molecular complexity index is 3550. The van der Waals surface area contributed by atoms with Crippen molar-refractivity contribution < 1.29 is 0 Å². The van der Waals surface area contributed by atoms with Crippen LogP contribution in [-0.4, -0.2) is 0 Å². The van der Waals surface area contributed by atoms with Gasteiger partial charge in [-0.2, -0.15) is 0 Å². The monoisotopic (exact) mass is 1260 g/mol. The zero-order chi connectivity index (χ0) is 72.0. The van der Waals surface area contributed by atoms with Crippen molar-refractivity contribution >= 4 is 0 Å². The minimum Gasteiger partial charge on any atom is -0.0620 e. The van der Waals surface area contributed by atoms with Gasteiger partial charge in [0.1, 0.15) is 0 Å². The highest BCUT2D eigenvalue weighted by Gasteiger charge is 2.02. The summed E-state index contributed by atoms with van der Waals surface area (Å²) in [4.78, 5) is 0. The van der Waals surface area contributed by atoms with Crippen LogP contribution in [0.5, 0.6) is 0 Å². The van der Waals surface area contributed by atoms with Gasteiger partial charge in [0.2, 0.25) is 0 Å². The van der Waals surface area contributed by atoms with E-state index in [1.54, 1.807) is 0 Å². The lowest BCUT2D eigenvalue weighted by Crippen LogP contribution is -1.88. The molecule has 0 aromatic heterocycles. The minimum absolute atomic E-state index is 1.35. The number of aryl methyl sites for hydroxylation is 26. The van der Waals surface area contributed by atoms with Crippen LogP contribution in [0.1, 0.15) is 189 Å². The molecule has 0 atom stereocenters. The quantitative estimate of drug-likeness (QED) is 0.142. The van der Waals surface area contributed by atoms with Crippen LogP contribution in [-0.2, 0) is 0 Å². The summed E-state index contributed by atoms with van der Waals surface area (Å²) in [5.74, 6) is 0. The topological polar surface area (TPSA) is 0 Å². The lowest BCUT2D eigenvalue weighted by Gasteiger charge is -2.06. The molecule has 94 heavy (non-hydrogen) atoms. The molecule has 0 saturated heterocycles. The van der Waals surface area contributed by atoms with Crippen LogP contribution >= 0.6 is 0 Å². The SMILES string of the molecule is Cc1cc(C)c(C)c(C)c1.Cc1cc(C)c(C)c(C)c1.Cc1cc(C)c(C)cc1C.Cc1ccc(C)c(C)c1.Cc1ccc(C)c(C)c1.Cc1ccc(C)c(C)c1C.Cc1ccc(C)c(C)c1C.Cc1cccc(C)c1C.Cc1cccc(C)c1C.Cc1ccccc1C. The predicted molar refractivity (Wildman–Crippen MR) is 425 cm³/mol. The summed E-state index contributed by atoms with van der Waals surface area (Å²) in [5.41, 5.74) is 47.3. The van der Waals surface area contributed by atoms with Crippen LogP contribution in [0.25, 0.3) is 0 Å². The van der Waals surface area contributed by atoms with E-state index >= 15 is 0 Å². The van der Waals surface area contributed by atoms with Crippen LogP contribution < -0.4 is 0 Å². The average Bonchev–Trinajstić information content (AvgIpc) is 1.15. The lowest BCUT2D eigenvalue weighted by atomic mass is 10.0. The van der Waals surface area contributed by atoms with Crippen LogP contribution in [0, 0.1) is 235 Å². The van der Waals surface area contributed by atoms with Crippen molar-refractivity contribution in [2.24, 2.45) is 0 Å². The summed E-state index contributed by atoms with van der Waals surface area (Å²) < 4.78 is 0. The molecule has 0 spiro atoms. The molecule has 0 radical (unpaired) electrons. The first-order valence-corrected chi connectivity index (χ1v) is 34.1. The van der Waals surface area contributed by atoms with E-state index in [2.05, 4.69) is 393 Å². The molecule has 0 saturated carbocycles. The van der Waals surface area contributed by atoms with Crippen LogP contribution in [0.4, 0.5) is 0 Å². The average molecular weight is 1260 g/mol. The van der Waals surface area contributed by atoms with Gasteiger partial charge in [0.05, 0.1) is 0 Å². The largest absolute Gasteiger partial charge is 0.0620 e. The molecule has 10 rings (SSSR count). The molecule has 0 amide bonds. The second kappa shape index (κ2) is 41.8. The van der Waals surface area contributed by atoms with Crippen molar-refractivity contribution in [2.75, 3.05) is 0 Å². The maximum absolute atomic E-state index is 2.24. The van der Waals surface area contributed by atoms with Crippen molar-refractivity contribution in [3.8, 4) is 0 Å². The molecule has 0 aliphatic heterocycles. The molecule has 0 unspecified atom stereocenters. The van der Waals surface area contributed by atoms with Crippen LogP contribution in [0.2, 0.25) is 0 Å². The van der Waals surface area contributed by atoms with E-state index in [1.807, 2.05) is 0 Å².